The Kier molecular flexibility index (Phi) is 6.97. The Morgan fingerprint density at radius 3 is 2.84 bits per heavy atom. The number of tetrazole rings is 1. The van der Waals surface area contributed by atoms with Crippen molar-refractivity contribution < 1.29 is 18.7 Å². The largest absolute Gasteiger partial charge is 0.382 e. The van der Waals surface area contributed by atoms with Gasteiger partial charge in [-0.25, -0.2) is 5.10 Å². The number of carbonyl (C=O) groups is 1. The molecule has 1 aliphatic rings. The molecule has 2 aromatic heterocycles. The molecule has 0 bridgehead atoms. The van der Waals surface area contributed by atoms with E-state index in [1.807, 2.05) is 12.1 Å². The van der Waals surface area contributed by atoms with Gasteiger partial charge in [-0.15, -0.1) is 16.4 Å². The number of aromatic nitrogens is 4. The highest BCUT2D eigenvalue weighted by Crippen LogP contribution is 2.33. The van der Waals surface area contributed by atoms with Crippen LogP contribution in [0.2, 0.25) is 0 Å². The van der Waals surface area contributed by atoms with Crippen molar-refractivity contribution in [3.8, 4) is 10.7 Å². The average molecular weight is 478 g/mol. The summed E-state index contributed by atoms with van der Waals surface area (Å²) in [5, 5.41) is 23.8. The van der Waals surface area contributed by atoms with Crippen LogP contribution >= 0.6 is 23.1 Å². The molecule has 1 saturated heterocycles. The maximum Gasteiger partial charge on any atom is 0.302 e. The van der Waals surface area contributed by atoms with E-state index in [1.54, 1.807) is 22.3 Å². The number of thioether (sulfide) groups is 1. The summed E-state index contributed by atoms with van der Waals surface area (Å²) in [5.74, 6) is -2.32. The Morgan fingerprint density at radius 2 is 2.09 bits per heavy atom. The van der Waals surface area contributed by atoms with E-state index in [0.29, 0.717) is 18.1 Å². The first kappa shape index (κ1) is 22.6. The molecule has 2 N–H and O–H groups in total. The SMILES string of the molecule is O=C1SCC(C=CC(O)C(F)(F)c2ccccc2)N1CCCc1ccc(-c2nnn[nH]2)s1. The summed E-state index contributed by atoms with van der Waals surface area (Å²) >= 11 is 2.74. The molecular weight excluding hydrogens is 456 g/mol. The zero-order chi connectivity index (χ0) is 22.6. The smallest absolute Gasteiger partial charge is 0.302 e. The van der Waals surface area contributed by atoms with E-state index >= 15 is 0 Å². The third-order valence-corrected chi connectivity index (χ3v) is 7.26. The van der Waals surface area contributed by atoms with Gasteiger partial charge < -0.3 is 10.0 Å². The highest BCUT2D eigenvalue weighted by molar-refractivity contribution is 8.13. The molecule has 0 spiro atoms. The first-order valence-corrected chi connectivity index (χ1v) is 11.8. The number of H-pyrrole nitrogens is 1. The quantitative estimate of drug-likeness (QED) is 0.451. The van der Waals surface area contributed by atoms with Gasteiger partial charge in [-0.1, -0.05) is 54.2 Å². The average Bonchev–Trinajstić information content (AvgIpc) is 3.55. The van der Waals surface area contributed by atoms with E-state index in [1.165, 1.54) is 30.3 Å². The Balaban J connectivity index is 1.33. The number of benzene rings is 1. The number of nitrogens with zero attached hydrogens (tertiary/aromatic N) is 4. The number of amides is 1. The summed E-state index contributed by atoms with van der Waals surface area (Å²) < 4.78 is 29.0. The van der Waals surface area contributed by atoms with Gasteiger partial charge in [0.15, 0.2) is 5.82 Å². The molecule has 11 heteroatoms. The minimum Gasteiger partial charge on any atom is -0.382 e. The third-order valence-electron chi connectivity index (χ3n) is 5.12. The van der Waals surface area contributed by atoms with Crippen LogP contribution < -0.4 is 0 Å². The molecule has 1 fully saturated rings. The van der Waals surface area contributed by atoms with Gasteiger partial charge in [0.2, 0.25) is 0 Å². The topological polar surface area (TPSA) is 95.0 Å². The van der Waals surface area contributed by atoms with Crippen LogP contribution in [0.4, 0.5) is 13.6 Å². The molecule has 0 radical (unpaired) electrons. The monoisotopic (exact) mass is 477 g/mol. The molecule has 7 nitrogen and oxygen atoms in total. The number of aliphatic hydroxyl groups excluding tert-OH is 1. The van der Waals surface area contributed by atoms with Gasteiger partial charge in [-0.2, -0.15) is 8.78 Å². The van der Waals surface area contributed by atoms with Gasteiger partial charge in [0, 0.05) is 22.7 Å². The third kappa shape index (κ3) is 5.05. The summed E-state index contributed by atoms with van der Waals surface area (Å²) in [6, 6.07) is 10.8. The van der Waals surface area contributed by atoms with Gasteiger partial charge in [0.05, 0.1) is 10.9 Å². The zero-order valence-corrected chi connectivity index (χ0v) is 18.5. The van der Waals surface area contributed by atoms with Crippen molar-refractivity contribution in [1.29, 1.82) is 0 Å². The first-order chi connectivity index (χ1) is 15.4. The van der Waals surface area contributed by atoms with Crippen LogP contribution in [0.3, 0.4) is 0 Å². The Morgan fingerprint density at radius 1 is 1.28 bits per heavy atom. The van der Waals surface area contributed by atoms with Crippen molar-refractivity contribution in [3.05, 3.63) is 65.1 Å². The minimum absolute atomic E-state index is 0.0800. The number of rotatable bonds is 9. The van der Waals surface area contributed by atoms with E-state index in [0.717, 1.165) is 40.4 Å². The van der Waals surface area contributed by atoms with Crippen LogP contribution in [-0.4, -0.2) is 60.3 Å². The van der Waals surface area contributed by atoms with Crippen LogP contribution in [0.25, 0.3) is 10.7 Å². The number of carbonyl (C=O) groups excluding carboxylic acids is 1. The van der Waals surface area contributed by atoms with Crippen LogP contribution in [-0.2, 0) is 12.3 Å². The van der Waals surface area contributed by atoms with Crippen molar-refractivity contribution in [2.75, 3.05) is 12.3 Å². The standard InChI is InChI=1S/C21H21F2N5O2S2/c22-21(23,14-5-2-1-3-6-14)18(29)11-8-15-13-31-20(30)28(15)12-4-7-16-9-10-17(32-16)19-24-26-27-25-19/h1-3,5-6,8-11,15,18,29H,4,7,12-13H2,(H,24,25,26,27). The fraction of sp³-hybridized carbons (Fsp3) is 0.333. The number of aliphatic hydroxyl groups is 1. The van der Waals surface area contributed by atoms with Crippen molar-refractivity contribution in [1.82, 2.24) is 25.5 Å². The van der Waals surface area contributed by atoms with Crippen LogP contribution in [0, 0.1) is 0 Å². The number of alkyl halides is 2. The first-order valence-electron chi connectivity index (χ1n) is 10.0. The lowest BCUT2D eigenvalue weighted by molar-refractivity contribution is -0.0929. The second-order valence-electron chi connectivity index (χ2n) is 7.28. The highest BCUT2D eigenvalue weighted by Gasteiger charge is 2.39. The molecule has 1 aromatic carbocycles. The molecule has 1 amide bonds. The van der Waals surface area contributed by atoms with E-state index in [4.69, 9.17) is 0 Å². The van der Waals surface area contributed by atoms with Gasteiger partial charge in [0.25, 0.3) is 5.24 Å². The summed E-state index contributed by atoms with van der Waals surface area (Å²) in [7, 11) is 0. The lowest BCUT2D eigenvalue weighted by Crippen LogP contribution is -2.34. The van der Waals surface area contributed by atoms with Gasteiger partial charge in [0.1, 0.15) is 6.10 Å². The van der Waals surface area contributed by atoms with Crippen LogP contribution in [0.5, 0.6) is 0 Å². The number of aromatic amines is 1. The molecule has 4 rings (SSSR count). The predicted octanol–water partition coefficient (Wildman–Crippen LogP) is 4.11. The number of thiophene rings is 1. The van der Waals surface area contributed by atoms with Crippen molar-refractivity contribution >= 4 is 28.3 Å². The van der Waals surface area contributed by atoms with Crippen molar-refractivity contribution in [3.63, 3.8) is 0 Å². The van der Waals surface area contributed by atoms with Gasteiger partial charge >= 0.3 is 5.92 Å². The minimum atomic E-state index is -3.41. The van der Waals surface area contributed by atoms with Crippen molar-refractivity contribution in [2.24, 2.45) is 0 Å². The van der Waals surface area contributed by atoms with Crippen molar-refractivity contribution in [2.45, 2.75) is 30.9 Å². The number of nitrogens with one attached hydrogen (secondary N) is 1. The molecule has 0 aliphatic carbocycles. The van der Waals surface area contributed by atoms with Crippen LogP contribution in [0.1, 0.15) is 16.9 Å². The Labute approximate surface area is 191 Å². The summed E-state index contributed by atoms with van der Waals surface area (Å²) in [5.41, 5.74) is -0.248. The number of halogens is 2. The maximum absolute atomic E-state index is 14.5. The Hall–Kier alpha value is -2.63. The number of hydrogen-bond donors (Lipinski definition) is 2. The summed E-state index contributed by atoms with van der Waals surface area (Å²) in [6.45, 7) is 0.503. The molecule has 0 saturated carbocycles. The fourth-order valence-electron chi connectivity index (χ4n) is 3.39. The van der Waals surface area contributed by atoms with E-state index < -0.39 is 12.0 Å². The molecule has 3 heterocycles. The maximum atomic E-state index is 14.5. The van der Waals surface area contributed by atoms with E-state index in [-0.39, 0.29) is 16.8 Å². The van der Waals surface area contributed by atoms with E-state index in [9.17, 15) is 18.7 Å². The molecule has 2 unspecified atom stereocenters. The predicted molar refractivity (Wildman–Crippen MR) is 120 cm³/mol. The summed E-state index contributed by atoms with van der Waals surface area (Å²) in [4.78, 5) is 16.0. The molecule has 2 atom stereocenters. The van der Waals surface area contributed by atoms with Crippen LogP contribution in [0.15, 0.2) is 54.6 Å². The van der Waals surface area contributed by atoms with Gasteiger partial charge in [-0.05, 0) is 35.4 Å². The molecule has 3 aromatic rings. The Bertz CT molecular complexity index is 1060. The second kappa shape index (κ2) is 9.88. The normalized spacial score (nSPS) is 18.0. The molecular formula is C21H21F2N5O2S2. The lowest BCUT2D eigenvalue weighted by atomic mass is 10.0. The van der Waals surface area contributed by atoms with E-state index in [2.05, 4.69) is 20.6 Å². The lowest BCUT2D eigenvalue weighted by Gasteiger charge is -2.23. The molecule has 32 heavy (non-hydrogen) atoms. The zero-order valence-electron chi connectivity index (χ0n) is 16.9. The molecule has 168 valence electrons. The molecule has 1 aliphatic heterocycles. The number of hydrogen-bond acceptors (Lipinski definition) is 7. The summed E-state index contributed by atoms with van der Waals surface area (Å²) in [6.07, 6.45) is 2.14. The number of aryl methyl sites for hydroxylation is 1. The fourth-order valence-corrected chi connectivity index (χ4v) is 5.37. The van der Waals surface area contributed by atoms with Gasteiger partial charge in [-0.3, -0.25) is 4.79 Å². The second-order valence-corrected chi connectivity index (χ2v) is 9.42. The highest BCUT2D eigenvalue weighted by atomic mass is 32.2.